The number of fused-ring (bicyclic) bond motifs is 1. The third-order valence-corrected chi connectivity index (χ3v) is 3.45. The fourth-order valence-corrected chi connectivity index (χ4v) is 2.24. The summed E-state index contributed by atoms with van der Waals surface area (Å²) in [5.41, 5.74) is 2.32. The summed E-state index contributed by atoms with van der Waals surface area (Å²) in [7, 11) is 1.79. The van der Waals surface area contributed by atoms with Crippen molar-refractivity contribution in [3.05, 3.63) is 60.0 Å². The Hall–Kier alpha value is -2.69. The van der Waals surface area contributed by atoms with Gasteiger partial charge in [0.25, 0.3) is 5.91 Å². The van der Waals surface area contributed by atoms with Crippen LogP contribution >= 0.6 is 0 Å². The van der Waals surface area contributed by atoms with E-state index in [1.54, 1.807) is 18.1 Å². The summed E-state index contributed by atoms with van der Waals surface area (Å²) in [6.07, 6.45) is 2.49. The molecule has 0 unspecified atom stereocenters. The molecular weight excluding hydrogens is 264 g/mol. The number of aromatic amines is 1. The molecule has 0 aliphatic carbocycles. The molecule has 1 aromatic carbocycles. The molecule has 0 bridgehead atoms. The largest absolute Gasteiger partial charge is 0.340 e. The van der Waals surface area contributed by atoms with Gasteiger partial charge < -0.3 is 4.90 Å². The summed E-state index contributed by atoms with van der Waals surface area (Å²) >= 11 is 0. The van der Waals surface area contributed by atoms with Crippen LogP contribution in [0.25, 0.3) is 10.9 Å². The quantitative estimate of drug-likeness (QED) is 0.797. The standard InChI is InChI=1S/C16H16N4O/c1-20(11-9-12-6-4-5-10-17-12)16(21)15-13-7-2-3-8-14(13)18-19-15/h2-8,10H,9,11H2,1H3,(H,18,19). The lowest BCUT2D eigenvalue weighted by Gasteiger charge is -2.15. The Kier molecular flexibility index (Phi) is 3.64. The molecule has 2 heterocycles. The first-order chi connectivity index (χ1) is 10.3. The zero-order valence-electron chi connectivity index (χ0n) is 11.8. The maximum Gasteiger partial charge on any atom is 0.274 e. The van der Waals surface area contributed by atoms with Gasteiger partial charge in [0.1, 0.15) is 0 Å². The zero-order valence-corrected chi connectivity index (χ0v) is 11.8. The number of benzene rings is 1. The minimum absolute atomic E-state index is 0.0802. The van der Waals surface area contributed by atoms with Gasteiger partial charge in [0.15, 0.2) is 5.69 Å². The van der Waals surface area contributed by atoms with E-state index in [-0.39, 0.29) is 5.91 Å². The molecule has 1 amide bonds. The number of likely N-dealkylation sites (N-methyl/N-ethyl adjacent to an activating group) is 1. The lowest BCUT2D eigenvalue weighted by Crippen LogP contribution is -2.29. The van der Waals surface area contributed by atoms with E-state index in [4.69, 9.17) is 0 Å². The van der Waals surface area contributed by atoms with Crippen molar-refractivity contribution < 1.29 is 4.79 Å². The number of para-hydroxylation sites is 1. The Morgan fingerprint density at radius 2 is 2.00 bits per heavy atom. The number of nitrogens with zero attached hydrogens (tertiary/aromatic N) is 3. The van der Waals surface area contributed by atoms with Crippen LogP contribution in [-0.2, 0) is 6.42 Å². The lowest BCUT2D eigenvalue weighted by molar-refractivity contribution is 0.0792. The van der Waals surface area contributed by atoms with Gasteiger partial charge in [-0.25, -0.2) is 0 Å². The third-order valence-electron chi connectivity index (χ3n) is 3.45. The predicted octanol–water partition coefficient (Wildman–Crippen LogP) is 2.27. The van der Waals surface area contributed by atoms with Crippen LogP contribution in [0.15, 0.2) is 48.7 Å². The van der Waals surface area contributed by atoms with Crippen molar-refractivity contribution in [1.29, 1.82) is 0 Å². The Balaban J connectivity index is 1.72. The minimum atomic E-state index is -0.0802. The molecule has 2 aromatic heterocycles. The number of H-pyrrole nitrogens is 1. The Morgan fingerprint density at radius 1 is 1.19 bits per heavy atom. The van der Waals surface area contributed by atoms with E-state index in [2.05, 4.69) is 15.2 Å². The molecule has 0 saturated carbocycles. The highest BCUT2D eigenvalue weighted by Gasteiger charge is 2.17. The minimum Gasteiger partial charge on any atom is -0.340 e. The molecule has 0 fully saturated rings. The number of nitrogens with one attached hydrogen (secondary N) is 1. The fraction of sp³-hybridized carbons (Fsp3) is 0.188. The molecule has 0 radical (unpaired) electrons. The van der Waals surface area contributed by atoms with Gasteiger partial charge in [-0.15, -0.1) is 0 Å². The van der Waals surface area contributed by atoms with Crippen molar-refractivity contribution in [3.63, 3.8) is 0 Å². The summed E-state index contributed by atoms with van der Waals surface area (Å²) in [6.45, 7) is 0.608. The molecule has 0 spiro atoms. The molecule has 0 aliphatic rings. The van der Waals surface area contributed by atoms with Gasteiger partial charge in [-0.2, -0.15) is 5.10 Å². The maximum absolute atomic E-state index is 12.5. The van der Waals surface area contributed by atoms with Crippen LogP contribution in [0, 0.1) is 0 Å². The van der Waals surface area contributed by atoms with Crippen molar-refractivity contribution in [3.8, 4) is 0 Å². The van der Waals surface area contributed by atoms with Crippen molar-refractivity contribution >= 4 is 16.8 Å². The number of amides is 1. The molecule has 1 N–H and O–H groups in total. The van der Waals surface area contributed by atoms with Gasteiger partial charge >= 0.3 is 0 Å². The van der Waals surface area contributed by atoms with Crippen LogP contribution in [0.4, 0.5) is 0 Å². The molecule has 21 heavy (non-hydrogen) atoms. The van der Waals surface area contributed by atoms with Crippen molar-refractivity contribution in [2.24, 2.45) is 0 Å². The van der Waals surface area contributed by atoms with Crippen LogP contribution in [-0.4, -0.2) is 39.6 Å². The number of hydrogen-bond acceptors (Lipinski definition) is 3. The maximum atomic E-state index is 12.5. The summed E-state index contributed by atoms with van der Waals surface area (Å²) in [5, 5.41) is 7.88. The van der Waals surface area contributed by atoms with E-state index in [1.807, 2.05) is 42.5 Å². The van der Waals surface area contributed by atoms with Gasteiger partial charge in [-0.3, -0.25) is 14.9 Å². The molecule has 0 atom stereocenters. The van der Waals surface area contributed by atoms with E-state index in [0.29, 0.717) is 12.2 Å². The van der Waals surface area contributed by atoms with Crippen molar-refractivity contribution in [2.75, 3.05) is 13.6 Å². The average Bonchev–Trinajstić information content (AvgIpc) is 2.97. The lowest BCUT2D eigenvalue weighted by atomic mass is 10.2. The number of carbonyl (C=O) groups excluding carboxylic acids is 1. The summed E-state index contributed by atoms with van der Waals surface area (Å²) in [5.74, 6) is -0.0802. The molecule has 3 aromatic rings. The first kappa shape index (κ1) is 13.3. The van der Waals surface area contributed by atoms with Gasteiger partial charge in [0.2, 0.25) is 0 Å². The van der Waals surface area contributed by atoms with Crippen molar-refractivity contribution in [1.82, 2.24) is 20.1 Å². The number of hydrogen-bond donors (Lipinski definition) is 1. The van der Waals surface area contributed by atoms with Crippen LogP contribution < -0.4 is 0 Å². The monoisotopic (exact) mass is 280 g/mol. The van der Waals surface area contributed by atoms with E-state index in [1.165, 1.54) is 0 Å². The Morgan fingerprint density at radius 3 is 2.81 bits per heavy atom. The second kappa shape index (κ2) is 5.75. The van der Waals surface area contributed by atoms with Crippen LogP contribution in [0.1, 0.15) is 16.2 Å². The first-order valence-electron chi connectivity index (χ1n) is 6.84. The van der Waals surface area contributed by atoms with E-state index in [9.17, 15) is 4.79 Å². The smallest absolute Gasteiger partial charge is 0.274 e. The second-order valence-electron chi connectivity index (χ2n) is 4.92. The Bertz CT molecular complexity index is 751. The number of pyridine rings is 1. The molecule has 5 heteroatoms. The highest BCUT2D eigenvalue weighted by molar-refractivity contribution is 6.04. The van der Waals surface area contributed by atoms with Crippen LogP contribution in [0.5, 0.6) is 0 Å². The van der Waals surface area contributed by atoms with Crippen LogP contribution in [0.3, 0.4) is 0 Å². The Labute approximate surface area is 122 Å². The molecule has 106 valence electrons. The third kappa shape index (κ3) is 2.76. The molecule has 0 saturated heterocycles. The summed E-state index contributed by atoms with van der Waals surface area (Å²) in [6, 6.07) is 13.4. The van der Waals surface area contributed by atoms with E-state index >= 15 is 0 Å². The molecule has 0 aliphatic heterocycles. The van der Waals surface area contributed by atoms with Gasteiger partial charge in [-0.05, 0) is 18.2 Å². The number of aromatic nitrogens is 3. The number of carbonyl (C=O) groups is 1. The highest BCUT2D eigenvalue weighted by atomic mass is 16.2. The fourth-order valence-electron chi connectivity index (χ4n) is 2.24. The summed E-state index contributed by atoms with van der Waals surface area (Å²) in [4.78, 5) is 18.4. The first-order valence-corrected chi connectivity index (χ1v) is 6.84. The second-order valence-corrected chi connectivity index (χ2v) is 4.92. The average molecular weight is 280 g/mol. The van der Waals surface area contributed by atoms with E-state index < -0.39 is 0 Å². The predicted molar refractivity (Wildman–Crippen MR) is 81.0 cm³/mol. The van der Waals surface area contributed by atoms with Crippen LogP contribution in [0.2, 0.25) is 0 Å². The molecule has 3 rings (SSSR count). The van der Waals surface area contributed by atoms with E-state index in [0.717, 1.165) is 23.0 Å². The molecule has 5 nitrogen and oxygen atoms in total. The van der Waals surface area contributed by atoms with Gasteiger partial charge in [0.05, 0.1) is 5.52 Å². The SMILES string of the molecule is CN(CCc1ccccn1)C(=O)c1n[nH]c2ccccc12. The zero-order chi connectivity index (χ0) is 14.7. The van der Waals surface area contributed by atoms with Gasteiger partial charge in [-0.1, -0.05) is 24.3 Å². The number of rotatable bonds is 4. The molecular formula is C16H16N4O. The van der Waals surface area contributed by atoms with Crippen molar-refractivity contribution in [2.45, 2.75) is 6.42 Å². The normalized spacial score (nSPS) is 10.7. The summed E-state index contributed by atoms with van der Waals surface area (Å²) < 4.78 is 0. The van der Waals surface area contributed by atoms with Gasteiger partial charge in [0, 0.05) is 37.3 Å². The topological polar surface area (TPSA) is 61.9 Å². The highest BCUT2D eigenvalue weighted by Crippen LogP contribution is 2.16.